The first kappa shape index (κ1) is 95.5. The lowest BCUT2D eigenvalue weighted by atomic mass is 9.37. The van der Waals surface area contributed by atoms with Gasteiger partial charge in [0, 0.05) is 17.3 Å². The Morgan fingerprint density at radius 2 is 0.900 bits per heavy atom. The first-order valence-electron chi connectivity index (χ1n) is 39.0. The SMILES string of the molecule is CCC(C)(C)C(=O)OC1(C)COC(O)(C(F)(F)F)C1(F)F.CCC(C)(C)C(=O)OC12CC3CC(C(C)(C)O)(C1)CC(C(C)(C)O)(C3)C2.CCC(C)(C)C(=O)OC12CC3CC(CC(O)(C3)C1)C2.CCC(C)(C)C(=O)OC1COC(=O)C1.CCC1(OC(=O)COC(=O)C(C)(O)C(F)(F)F)CCC(OC(=O)C(C)(C)CC)CC1. The number of hydrogen-bond donors (Lipinski definition) is 5. The van der Waals surface area contributed by atoms with Crippen LogP contribution in [0.15, 0.2) is 0 Å². The largest absolute Gasteiger partial charge is 0.462 e. The van der Waals surface area contributed by atoms with Crippen LogP contribution in [0.2, 0.25) is 0 Å². The minimum absolute atomic E-state index is 0.0828. The van der Waals surface area contributed by atoms with Gasteiger partial charge in [-0.1, -0.05) is 41.5 Å². The summed E-state index contributed by atoms with van der Waals surface area (Å²) in [6.45, 7) is 35.4. The number of cyclic esters (lactones) is 1. The predicted molar refractivity (Wildman–Crippen MR) is 383 cm³/mol. The molecule has 0 amide bonds. The van der Waals surface area contributed by atoms with Crippen molar-refractivity contribution >= 4 is 47.8 Å². The number of esters is 8. The van der Waals surface area contributed by atoms with Gasteiger partial charge >= 0.3 is 71.8 Å². The molecule has 2 saturated heterocycles. The van der Waals surface area contributed by atoms with E-state index in [1.165, 1.54) is 20.3 Å². The quantitative estimate of drug-likeness (QED) is 0.0382. The Balaban J connectivity index is 0.000000251. The van der Waals surface area contributed by atoms with Crippen molar-refractivity contribution in [2.45, 2.75) is 381 Å². The highest BCUT2D eigenvalue weighted by Gasteiger charge is 2.83. The van der Waals surface area contributed by atoms with E-state index >= 15 is 0 Å². The van der Waals surface area contributed by atoms with E-state index in [2.05, 4.69) is 14.2 Å². The number of alkyl halides is 8. The smallest absolute Gasteiger partial charge is 0.449 e. The van der Waals surface area contributed by atoms with Crippen molar-refractivity contribution in [3.63, 3.8) is 0 Å². The maximum absolute atomic E-state index is 14.0. The average molecular weight is 1590 g/mol. The molecule has 30 heteroatoms. The Hall–Kier alpha value is -5.04. The highest BCUT2D eigenvalue weighted by molar-refractivity contribution is 5.83. The first-order valence-corrected chi connectivity index (χ1v) is 39.0. The van der Waals surface area contributed by atoms with E-state index in [9.17, 15) is 99.0 Å². The van der Waals surface area contributed by atoms with Crippen LogP contribution in [0.1, 0.15) is 300 Å². The van der Waals surface area contributed by atoms with Crippen LogP contribution in [0.4, 0.5) is 35.1 Å². The highest BCUT2D eigenvalue weighted by atomic mass is 19.4. The molecule has 636 valence electrons. The molecule has 0 aromatic carbocycles. The Morgan fingerprint density at radius 1 is 0.500 bits per heavy atom. The zero-order chi connectivity index (χ0) is 84.8. The van der Waals surface area contributed by atoms with E-state index in [1.54, 1.807) is 27.7 Å². The molecule has 2 heterocycles. The molecule has 110 heavy (non-hydrogen) atoms. The molecule has 0 aromatic rings. The van der Waals surface area contributed by atoms with Crippen LogP contribution in [0, 0.1) is 55.7 Å². The van der Waals surface area contributed by atoms with Gasteiger partial charge in [-0.2, -0.15) is 35.1 Å². The third-order valence-corrected chi connectivity index (χ3v) is 26.2. The summed E-state index contributed by atoms with van der Waals surface area (Å²) in [4.78, 5) is 95.2. The van der Waals surface area contributed by atoms with Crippen molar-refractivity contribution in [1.82, 2.24) is 0 Å². The van der Waals surface area contributed by atoms with Crippen LogP contribution in [0.25, 0.3) is 0 Å². The van der Waals surface area contributed by atoms with Crippen molar-refractivity contribution < 1.29 is 142 Å². The fourth-order valence-corrected chi connectivity index (χ4v) is 16.5. The van der Waals surface area contributed by atoms with Crippen molar-refractivity contribution in [2.75, 3.05) is 19.8 Å². The minimum atomic E-state index is -5.74. The molecule has 0 radical (unpaired) electrons. The molecule has 0 spiro atoms. The van der Waals surface area contributed by atoms with Gasteiger partial charge in [0.1, 0.15) is 35.6 Å². The van der Waals surface area contributed by atoms with E-state index in [0.717, 1.165) is 64.2 Å². The summed E-state index contributed by atoms with van der Waals surface area (Å²) >= 11 is 0. The van der Waals surface area contributed by atoms with Crippen molar-refractivity contribution in [1.29, 1.82) is 0 Å². The van der Waals surface area contributed by atoms with Gasteiger partial charge in [-0.25, -0.2) is 9.59 Å². The van der Waals surface area contributed by atoms with Gasteiger partial charge in [0.05, 0.1) is 56.9 Å². The highest BCUT2D eigenvalue weighted by Crippen LogP contribution is 2.73. The summed E-state index contributed by atoms with van der Waals surface area (Å²) in [6, 6.07) is 0. The minimum Gasteiger partial charge on any atom is -0.462 e. The fourth-order valence-electron chi connectivity index (χ4n) is 16.5. The zero-order valence-corrected chi connectivity index (χ0v) is 69.0. The summed E-state index contributed by atoms with van der Waals surface area (Å²) in [7, 11) is 0. The molecule has 5 N–H and O–H groups in total. The molecule has 11 rings (SSSR count). The number of aliphatic hydroxyl groups is 5. The second-order valence-electron chi connectivity index (χ2n) is 38.0. The summed E-state index contributed by atoms with van der Waals surface area (Å²) < 4.78 is 150. The standard InChI is InChI=1S/C22H38O4.C20H31F3O7.C16H26O3.C12H17F5O4.C10H16O4/c1-8-17(2,3)16(23)26-22-11-15-9-20(13-22,18(4,5)24)12-21(10-15,14-22)19(6,7)25;1-6-17(3,4)15(25)29-13-8-10-19(7-2,11-9-13)30-14(24)12-28-16(26)18(5,27)20(21,22)23;1-4-14(2,3)13(17)19-16-8-11-5-12(9-16)7-15(18,6-11)10-16;1-5-8(2,3)7(18)21-9(4)6-20-11(19,10(9,13)14)12(15,16)17;1-4-10(2,3)9(12)14-7-5-8(11)13-6-7/h15,24-25H,8-14H2,1-7H3;13,27H,6-12H2,1-5H3;11-12,18H,4-10H2,1-3H3;19H,5-6H2,1-4H3;7H,4-6H2,1-3H3. The Kier molecular flexibility index (Phi) is 28.6. The van der Waals surface area contributed by atoms with Crippen LogP contribution in [0.5, 0.6) is 0 Å². The van der Waals surface area contributed by atoms with Crippen LogP contribution in [-0.2, 0) is 81.0 Å². The molecular formula is C80H128F8O22. The summed E-state index contributed by atoms with van der Waals surface area (Å²) in [6.07, 6.45) is 4.48. The molecule has 0 aromatic heterocycles. The van der Waals surface area contributed by atoms with E-state index in [1.807, 2.05) is 96.9 Å². The Labute approximate surface area is 643 Å². The molecule has 8 bridgehead atoms. The van der Waals surface area contributed by atoms with Gasteiger partial charge in [-0.05, 0) is 263 Å². The number of hydrogen-bond acceptors (Lipinski definition) is 22. The van der Waals surface area contributed by atoms with Gasteiger partial charge in [0.15, 0.2) is 6.61 Å². The maximum atomic E-state index is 14.0. The lowest BCUT2D eigenvalue weighted by Crippen LogP contribution is -2.70. The summed E-state index contributed by atoms with van der Waals surface area (Å²) in [5.74, 6) is -13.2. The summed E-state index contributed by atoms with van der Waals surface area (Å²) in [5.41, 5.74) is -14.4. The maximum Gasteiger partial charge on any atom is 0.449 e. The predicted octanol–water partition coefficient (Wildman–Crippen LogP) is 14.6. The molecule has 11 aliphatic rings. The number of ether oxygens (including phenoxy) is 9. The van der Waals surface area contributed by atoms with Gasteiger partial charge < -0.3 is 68.2 Å². The first-order chi connectivity index (χ1) is 49.6. The molecule has 22 nitrogen and oxygen atoms in total. The molecule has 11 fully saturated rings. The van der Waals surface area contributed by atoms with Crippen LogP contribution in [-0.4, -0.2) is 174 Å². The fraction of sp³-hybridized carbons (Fsp3) is 0.900. The van der Waals surface area contributed by atoms with Crippen LogP contribution < -0.4 is 0 Å². The van der Waals surface area contributed by atoms with E-state index in [-0.39, 0.29) is 84.9 Å². The van der Waals surface area contributed by atoms with E-state index < -0.39 is 121 Å². The summed E-state index contributed by atoms with van der Waals surface area (Å²) in [5, 5.41) is 51.2. The van der Waals surface area contributed by atoms with Gasteiger partial charge in [0.2, 0.25) is 5.60 Å². The molecule has 9 saturated carbocycles. The topological polar surface area (TPSA) is 321 Å². The molecular weight excluding hydrogens is 1460 g/mol. The number of halogens is 8. The zero-order valence-electron chi connectivity index (χ0n) is 69.0. The third-order valence-electron chi connectivity index (χ3n) is 26.2. The van der Waals surface area contributed by atoms with Crippen molar-refractivity contribution in [3.05, 3.63) is 0 Å². The molecule has 2 aliphatic heterocycles. The normalized spacial score (nSPS) is 32.9. The Bertz CT molecular complexity index is 3230. The monoisotopic (exact) mass is 1590 g/mol. The van der Waals surface area contributed by atoms with Crippen molar-refractivity contribution in [3.8, 4) is 0 Å². The average Bonchev–Trinajstić information content (AvgIpc) is 1.26. The number of rotatable bonds is 22. The lowest BCUT2D eigenvalue weighted by Gasteiger charge is -2.70. The van der Waals surface area contributed by atoms with E-state index in [4.69, 9.17) is 28.4 Å². The van der Waals surface area contributed by atoms with Crippen molar-refractivity contribution in [2.24, 2.45) is 55.7 Å². The Morgan fingerprint density at radius 3 is 1.26 bits per heavy atom. The third kappa shape index (κ3) is 20.8. The molecule has 8 atom stereocenters. The van der Waals surface area contributed by atoms with Gasteiger partial charge in [0.25, 0.3) is 5.60 Å². The molecule has 9 aliphatic carbocycles. The molecule has 8 unspecified atom stereocenters. The van der Waals surface area contributed by atoms with Crippen LogP contribution >= 0.6 is 0 Å². The van der Waals surface area contributed by atoms with E-state index in [0.29, 0.717) is 88.9 Å². The van der Waals surface area contributed by atoms with Crippen LogP contribution in [0.3, 0.4) is 0 Å². The van der Waals surface area contributed by atoms with Gasteiger partial charge in [-0.3, -0.25) is 28.8 Å². The second-order valence-corrected chi connectivity index (χ2v) is 38.0. The second kappa shape index (κ2) is 32.9. The lowest BCUT2D eigenvalue weighted by molar-refractivity contribution is -0.409. The number of carbonyl (C=O) groups is 8. The van der Waals surface area contributed by atoms with Gasteiger partial charge in [-0.15, -0.1) is 0 Å². The number of carbonyl (C=O) groups excluding carboxylic acids is 8.